The van der Waals surface area contributed by atoms with E-state index in [0.717, 1.165) is 10.5 Å². The van der Waals surface area contributed by atoms with Gasteiger partial charge < -0.3 is 14.7 Å². The third-order valence-corrected chi connectivity index (χ3v) is 4.73. The van der Waals surface area contributed by atoms with Crippen molar-refractivity contribution in [2.24, 2.45) is 5.92 Å². The van der Waals surface area contributed by atoms with Crippen LogP contribution in [0.3, 0.4) is 0 Å². The molecular weight excluding hydrogens is 312 g/mol. The summed E-state index contributed by atoms with van der Waals surface area (Å²) in [6, 6.07) is 8.57. The molecule has 3 rings (SSSR count). The lowest BCUT2D eigenvalue weighted by Gasteiger charge is -2.25. The largest absolute Gasteiger partial charge is 0.445 e. The van der Waals surface area contributed by atoms with Crippen molar-refractivity contribution in [1.29, 1.82) is 0 Å². The Morgan fingerprint density at radius 3 is 2.67 bits per heavy atom. The number of aliphatic hydroxyl groups is 1. The SMILES string of the molecule is C[C@@H]1C(=O)N(C(=O)CO)[C@H]2CCN(C(=O)OCc3ccccc3)[C@H]12. The van der Waals surface area contributed by atoms with Crippen molar-refractivity contribution in [3.05, 3.63) is 35.9 Å². The zero-order valence-electron chi connectivity index (χ0n) is 13.4. The van der Waals surface area contributed by atoms with Crippen molar-refractivity contribution in [2.45, 2.75) is 32.0 Å². The molecule has 2 aliphatic rings. The van der Waals surface area contributed by atoms with Crippen LogP contribution in [0.15, 0.2) is 30.3 Å². The highest BCUT2D eigenvalue weighted by atomic mass is 16.6. The molecule has 1 aromatic carbocycles. The lowest BCUT2D eigenvalue weighted by atomic mass is 10.0. The Bertz CT molecular complexity index is 648. The first-order valence-electron chi connectivity index (χ1n) is 7.98. The van der Waals surface area contributed by atoms with Crippen LogP contribution in [0.1, 0.15) is 18.9 Å². The minimum atomic E-state index is -0.708. The summed E-state index contributed by atoms with van der Waals surface area (Å²) in [4.78, 5) is 39.1. The molecule has 0 saturated carbocycles. The molecule has 24 heavy (non-hydrogen) atoms. The van der Waals surface area contributed by atoms with E-state index in [9.17, 15) is 14.4 Å². The van der Waals surface area contributed by atoms with Crippen molar-refractivity contribution in [1.82, 2.24) is 9.80 Å². The summed E-state index contributed by atoms with van der Waals surface area (Å²) in [6.45, 7) is 1.58. The first-order valence-corrected chi connectivity index (χ1v) is 7.98. The molecule has 2 saturated heterocycles. The first-order chi connectivity index (χ1) is 11.5. The predicted octanol–water partition coefficient (Wildman–Crippen LogP) is 0.763. The fourth-order valence-electron chi connectivity index (χ4n) is 3.61. The number of carbonyl (C=O) groups excluding carboxylic acids is 3. The molecular formula is C17H20N2O5. The number of fused-ring (bicyclic) bond motifs is 1. The second-order valence-corrected chi connectivity index (χ2v) is 6.13. The maximum absolute atomic E-state index is 12.4. The minimum Gasteiger partial charge on any atom is -0.445 e. The number of carbonyl (C=O) groups is 3. The number of hydrogen-bond acceptors (Lipinski definition) is 5. The van der Waals surface area contributed by atoms with Crippen LogP contribution < -0.4 is 0 Å². The predicted molar refractivity (Wildman–Crippen MR) is 83.6 cm³/mol. The van der Waals surface area contributed by atoms with Crippen LogP contribution in [0.25, 0.3) is 0 Å². The molecule has 2 fully saturated rings. The second kappa shape index (κ2) is 6.60. The van der Waals surface area contributed by atoms with Gasteiger partial charge in [0.15, 0.2) is 0 Å². The van der Waals surface area contributed by atoms with Crippen molar-refractivity contribution in [2.75, 3.05) is 13.2 Å². The van der Waals surface area contributed by atoms with Gasteiger partial charge in [-0.2, -0.15) is 0 Å². The van der Waals surface area contributed by atoms with E-state index in [2.05, 4.69) is 0 Å². The summed E-state index contributed by atoms with van der Waals surface area (Å²) in [5.41, 5.74) is 0.884. The van der Waals surface area contributed by atoms with Crippen LogP contribution in [0.5, 0.6) is 0 Å². The Morgan fingerprint density at radius 1 is 1.29 bits per heavy atom. The maximum atomic E-state index is 12.4. The zero-order chi connectivity index (χ0) is 17.3. The Balaban J connectivity index is 1.69. The smallest absolute Gasteiger partial charge is 0.410 e. The molecule has 0 spiro atoms. The molecule has 0 aromatic heterocycles. The van der Waals surface area contributed by atoms with Gasteiger partial charge in [-0.05, 0) is 12.0 Å². The van der Waals surface area contributed by atoms with E-state index in [1.165, 1.54) is 4.90 Å². The van der Waals surface area contributed by atoms with Crippen LogP contribution in [0, 0.1) is 5.92 Å². The zero-order valence-corrected chi connectivity index (χ0v) is 13.4. The molecule has 3 amide bonds. The van der Waals surface area contributed by atoms with E-state index < -0.39 is 30.6 Å². The van der Waals surface area contributed by atoms with Gasteiger partial charge in [-0.15, -0.1) is 0 Å². The molecule has 0 bridgehead atoms. The van der Waals surface area contributed by atoms with E-state index in [4.69, 9.17) is 9.84 Å². The van der Waals surface area contributed by atoms with Gasteiger partial charge in [-0.3, -0.25) is 14.5 Å². The van der Waals surface area contributed by atoms with Crippen LogP contribution >= 0.6 is 0 Å². The van der Waals surface area contributed by atoms with Gasteiger partial charge in [0.2, 0.25) is 5.91 Å². The molecule has 2 heterocycles. The van der Waals surface area contributed by atoms with Crippen LogP contribution in [-0.4, -0.2) is 58.0 Å². The number of rotatable bonds is 3. The van der Waals surface area contributed by atoms with E-state index >= 15 is 0 Å². The Morgan fingerprint density at radius 2 is 2.00 bits per heavy atom. The van der Waals surface area contributed by atoms with Gasteiger partial charge in [0, 0.05) is 6.54 Å². The highest BCUT2D eigenvalue weighted by molar-refractivity contribution is 6.00. The number of aliphatic hydroxyl groups excluding tert-OH is 1. The minimum absolute atomic E-state index is 0.162. The quantitative estimate of drug-likeness (QED) is 0.883. The fraction of sp³-hybridized carbons (Fsp3) is 0.471. The lowest BCUT2D eigenvalue weighted by molar-refractivity contribution is -0.146. The summed E-state index contributed by atoms with van der Waals surface area (Å²) >= 11 is 0. The van der Waals surface area contributed by atoms with Crippen molar-refractivity contribution in [3.8, 4) is 0 Å². The topological polar surface area (TPSA) is 87.2 Å². The van der Waals surface area contributed by atoms with Gasteiger partial charge >= 0.3 is 6.09 Å². The van der Waals surface area contributed by atoms with Crippen LogP contribution in [0.4, 0.5) is 4.79 Å². The maximum Gasteiger partial charge on any atom is 0.410 e. The summed E-state index contributed by atoms with van der Waals surface area (Å²) in [5, 5.41) is 9.06. The second-order valence-electron chi connectivity index (χ2n) is 6.13. The van der Waals surface area contributed by atoms with Gasteiger partial charge in [0.05, 0.1) is 18.0 Å². The lowest BCUT2D eigenvalue weighted by Crippen LogP contribution is -2.43. The van der Waals surface area contributed by atoms with Crippen LogP contribution in [-0.2, 0) is 20.9 Å². The van der Waals surface area contributed by atoms with Gasteiger partial charge in [-0.25, -0.2) is 4.79 Å². The number of ether oxygens (including phenoxy) is 1. The van der Waals surface area contributed by atoms with Crippen molar-refractivity contribution >= 4 is 17.9 Å². The first kappa shape index (κ1) is 16.4. The number of hydrogen-bond donors (Lipinski definition) is 1. The van der Waals surface area contributed by atoms with E-state index in [0.29, 0.717) is 13.0 Å². The third kappa shape index (κ3) is 2.75. The molecule has 0 unspecified atom stereocenters. The molecule has 0 aliphatic carbocycles. The summed E-state index contributed by atoms with van der Waals surface area (Å²) in [5.74, 6) is -1.44. The number of likely N-dealkylation sites (tertiary alicyclic amines) is 2. The summed E-state index contributed by atoms with van der Waals surface area (Å²) in [7, 11) is 0. The Kier molecular flexibility index (Phi) is 4.53. The van der Waals surface area contributed by atoms with Gasteiger partial charge in [0.25, 0.3) is 5.91 Å². The van der Waals surface area contributed by atoms with E-state index in [1.54, 1.807) is 6.92 Å². The Hall–Kier alpha value is -2.41. The molecule has 3 atom stereocenters. The standard InChI is InChI=1S/C17H20N2O5/c1-11-15-13(19(16(11)22)14(21)9-20)7-8-18(15)17(23)24-10-12-5-3-2-4-6-12/h2-6,11,13,15,20H,7-10H2,1H3/t11-,13-,15+/m0/s1. The molecule has 7 heteroatoms. The average Bonchev–Trinajstić information content (AvgIpc) is 3.13. The average molecular weight is 332 g/mol. The Labute approximate surface area is 139 Å². The monoisotopic (exact) mass is 332 g/mol. The van der Waals surface area contributed by atoms with Gasteiger partial charge in [0.1, 0.15) is 13.2 Å². The highest BCUT2D eigenvalue weighted by Gasteiger charge is 2.55. The molecule has 7 nitrogen and oxygen atoms in total. The molecule has 0 radical (unpaired) electrons. The number of nitrogens with zero attached hydrogens (tertiary/aromatic N) is 2. The molecule has 1 N–H and O–H groups in total. The van der Waals surface area contributed by atoms with Gasteiger partial charge in [-0.1, -0.05) is 37.3 Å². The van der Waals surface area contributed by atoms with Crippen LogP contribution in [0.2, 0.25) is 0 Å². The molecule has 128 valence electrons. The normalized spacial score (nSPS) is 25.8. The fourth-order valence-corrected chi connectivity index (χ4v) is 3.61. The molecule has 1 aromatic rings. The molecule has 2 aliphatic heterocycles. The number of benzene rings is 1. The number of amides is 3. The number of imide groups is 1. The van der Waals surface area contributed by atoms with E-state index in [1.807, 2.05) is 30.3 Å². The van der Waals surface area contributed by atoms with Crippen molar-refractivity contribution in [3.63, 3.8) is 0 Å². The highest BCUT2D eigenvalue weighted by Crippen LogP contribution is 2.36. The van der Waals surface area contributed by atoms with Crippen molar-refractivity contribution < 1.29 is 24.2 Å². The van der Waals surface area contributed by atoms with E-state index in [-0.39, 0.29) is 18.6 Å². The third-order valence-electron chi connectivity index (χ3n) is 4.73. The summed E-state index contributed by atoms with van der Waals surface area (Å²) < 4.78 is 5.35. The summed E-state index contributed by atoms with van der Waals surface area (Å²) in [6.07, 6.45) is 0.0247.